The Hall–Kier alpha value is -1.73. The maximum atomic E-state index is 14.2. The average molecular weight is 462 g/mol. The molecule has 0 radical (unpaired) electrons. The molecular formula is C18H24FN3O6S2. The summed E-state index contributed by atoms with van der Waals surface area (Å²) in [7, 11) is -4.03. The molecule has 9 nitrogen and oxygen atoms in total. The molecule has 0 saturated carbocycles. The van der Waals surface area contributed by atoms with Crippen molar-refractivity contribution in [1.29, 1.82) is 0 Å². The average Bonchev–Trinajstić information content (AvgIpc) is 2.76. The molecule has 30 heavy (non-hydrogen) atoms. The number of benzene rings is 1. The Morgan fingerprint density at radius 3 is 2.33 bits per heavy atom. The number of ether oxygens (including phenoxy) is 2. The Morgan fingerprint density at radius 1 is 1.03 bits per heavy atom. The van der Waals surface area contributed by atoms with E-state index in [4.69, 9.17) is 9.47 Å². The Labute approximate surface area is 178 Å². The van der Waals surface area contributed by atoms with Gasteiger partial charge in [0.15, 0.2) is 0 Å². The van der Waals surface area contributed by atoms with Gasteiger partial charge in [0.25, 0.3) is 0 Å². The second-order valence-corrected chi connectivity index (χ2v) is 9.59. The predicted octanol–water partition coefficient (Wildman–Crippen LogP) is 0.377. The third-order valence-electron chi connectivity index (χ3n) is 4.63. The summed E-state index contributed by atoms with van der Waals surface area (Å²) in [6.45, 7) is 2.89. The zero-order chi connectivity index (χ0) is 21.6. The lowest BCUT2D eigenvalue weighted by molar-refractivity contribution is -0.132. The first-order chi connectivity index (χ1) is 14.4. The van der Waals surface area contributed by atoms with Gasteiger partial charge in [-0.2, -0.15) is 4.31 Å². The highest BCUT2D eigenvalue weighted by atomic mass is 32.2. The van der Waals surface area contributed by atoms with Crippen molar-refractivity contribution in [2.75, 3.05) is 69.4 Å². The summed E-state index contributed by atoms with van der Waals surface area (Å²) in [5.74, 6) is -1.18. The van der Waals surface area contributed by atoms with Crippen LogP contribution in [0.25, 0.3) is 0 Å². The number of nitrogens with one attached hydrogen (secondary N) is 1. The van der Waals surface area contributed by atoms with E-state index in [9.17, 15) is 22.4 Å². The van der Waals surface area contributed by atoms with Gasteiger partial charge in [0.1, 0.15) is 10.7 Å². The van der Waals surface area contributed by atoms with Crippen molar-refractivity contribution in [3.8, 4) is 0 Å². The zero-order valence-corrected chi connectivity index (χ0v) is 18.0. The number of carbonyl (C=O) groups excluding carboxylic acids is 2. The summed E-state index contributed by atoms with van der Waals surface area (Å²) in [5.41, 5.74) is 0.174. The number of nitrogens with zero attached hydrogens (tertiary/aromatic N) is 2. The molecule has 2 amide bonds. The van der Waals surface area contributed by atoms with Gasteiger partial charge < -0.3 is 19.7 Å². The van der Waals surface area contributed by atoms with Crippen LogP contribution in [0.1, 0.15) is 0 Å². The van der Waals surface area contributed by atoms with Crippen LogP contribution in [0.5, 0.6) is 0 Å². The van der Waals surface area contributed by atoms with Gasteiger partial charge in [-0.1, -0.05) is 0 Å². The van der Waals surface area contributed by atoms with E-state index in [2.05, 4.69) is 5.32 Å². The van der Waals surface area contributed by atoms with Gasteiger partial charge in [-0.25, -0.2) is 12.8 Å². The van der Waals surface area contributed by atoms with E-state index in [1.165, 1.54) is 6.07 Å². The normalized spacial score (nSPS) is 18.2. The minimum Gasteiger partial charge on any atom is -0.379 e. The fourth-order valence-corrected chi connectivity index (χ4v) is 5.25. The molecule has 0 aliphatic carbocycles. The summed E-state index contributed by atoms with van der Waals surface area (Å²) >= 11 is 1.16. The third kappa shape index (κ3) is 5.91. The molecule has 2 aliphatic heterocycles. The predicted molar refractivity (Wildman–Crippen MR) is 109 cm³/mol. The molecule has 2 heterocycles. The molecule has 0 spiro atoms. The minimum absolute atomic E-state index is 0.0129. The molecule has 1 aromatic rings. The number of amides is 2. The number of hydrogen-bond donors (Lipinski definition) is 1. The van der Waals surface area contributed by atoms with Gasteiger partial charge in [0, 0.05) is 31.9 Å². The van der Waals surface area contributed by atoms with Gasteiger partial charge >= 0.3 is 0 Å². The lowest BCUT2D eigenvalue weighted by Crippen LogP contribution is -2.41. The van der Waals surface area contributed by atoms with E-state index in [1.54, 1.807) is 4.90 Å². The van der Waals surface area contributed by atoms with Gasteiger partial charge in [0.05, 0.1) is 37.9 Å². The molecule has 0 atom stereocenters. The fourth-order valence-electron chi connectivity index (χ4n) is 3.04. The highest BCUT2D eigenvalue weighted by Gasteiger charge is 2.29. The quantitative estimate of drug-likeness (QED) is 0.626. The first-order valence-corrected chi connectivity index (χ1v) is 12.1. The molecule has 1 aromatic carbocycles. The number of morpholine rings is 2. The number of rotatable bonds is 7. The van der Waals surface area contributed by atoms with Crippen molar-refractivity contribution in [2.24, 2.45) is 0 Å². The van der Waals surface area contributed by atoms with E-state index in [0.29, 0.717) is 26.3 Å². The largest absolute Gasteiger partial charge is 0.379 e. The number of hydrogen-bond acceptors (Lipinski definition) is 7. The Bertz CT molecular complexity index is 871. The van der Waals surface area contributed by atoms with E-state index in [1.807, 2.05) is 0 Å². The summed E-state index contributed by atoms with van der Waals surface area (Å²) in [6, 6.07) is 3.43. The number of halogens is 1. The number of thioether (sulfide) groups is 1. The highest BCUT2D eigenvalue weighted by molar-refractivity contribution is 8.00. The number of anilines is 1. The molecule has 3 rings (SSSR count). The van der Waals surface area contributed by atoms with Crippen LogP contribution in [-0.2, 0) is 29.1 Å². The maximum Gasteiger partial charge on any atom is 0.246 e. The third-order valence-corrected chi connectivity index (χ3v) is 7.46. The molecule has 0 bridgehead atoms. The molecular weight excluding hydrogens is 437 g/mol. The standard InChI is InChI=1S/C18H24FN3O6S2/c19-15-2-1-14(11-16(15)30(25,26)22-5-9-28-10-6-22)20-17(23)12-29-13-18(24)21-3-7-27-8-4-21/h1-2,11H,3-10,12-13H2,(H,20,23). The van der Waals surface area contributed by atoms with Gasteiger partial charge in [-0.3, -0.25) is 9.59 Å². The summed E-state index contributed by atoms with van der Waals surface area (Å²) in [6.07, 6.45) is 0. The fraction of sp³-hybridized carbons (Fsp3) is 0.556. The van der Waals surface area contributed by atoms with E-state index >= 15 is 0 Å². The first kappa shape index (κ1) is 22.9. The van der Waals surface area contributed by atoms with Crippen molar-refractivity contribution >= 4 is 39.3 Å². The molecule has 2 saturated heterocycles. The molecule has 0 aromatic heterocycles. The Kier molecular flexibility index (Phi) is 8.06. The van der Waals surface area contributed by atoms with Crippen molar-refractivity contribution in [3.63, 3.8) is 0 Å². The van der Waals surface area contributed by atoms with E-state index in [0.717, 1.165) is 28.2 Å². The summed E-state index contributed by atoms with van der Waals surface area (Å²) < 4.78 is 51.1. The number of carbonyl (C=O) groups is 2. The monoisotopic (exact) mass is 461 g/mol. The topological polar surface area (TPSA) is 105 Å². The molecule has 0 unspecified atom stereocenters. The lowest BCUT2D eigenvalue weighted by Gasteiger charge is -2.26. The van der Waals surface area contributed by atoms with Crippen molar-refractivity contribution < 1.29 is 31.9 Å². The molecule has 2 fully saturated rings. The second-order valence-electron chi connectivity index (χ2n) is 6.70. The van der Waals surface area contributed by atoms with Crippen LogP contribution < -0.4 is 5.32 Å². The van der Waals surface area contributed by atoms with Crippen LogP contribution in [0, 0.1) is 5.82 Å². The number of sulfonamides is 1. The van der Waals surface area contributed by atoms with Crippen LogP contribution in [0.2, 0.25) is 0 Å². The SMILES string of the molecule is O=C(CSCC(=O)N1CCOCC1)Nc1ccc(F)c(S(=O)(=O)N2CCOCC2)c1. The summed E-state index contributed by atoms with van der Waals surface area (Å²) in [4.78, 5) is 25.5. The zero-order valence-electron chi connectivity index (χ0n) is 16.3. The van der Waals surface area contributed by atoms with Crippen molar-refractivity contribution in [2.45, 2.75) is 4.90 Å². The van der Waals surface area contributed by atoms with Crippen molar-refractivity contribution in [3.05, 3.63) is 24.0 Å². The Morgan fingerprint density at radius 2 is 1.67 bits per heavy atom. The summed E-state index contributed by atoms with van der Waals surface area (Å²) in [5, 5.41) is 2.56. The van der Waals surface area contributed by atoms with E-state index in [-0.39, 0.29) is 49.4 Å². The first-order valence-electron chi connectivity index (χ1n) is 9.48. The van der Waals surface area contributed by atoms with E-state index < -0.39 is 26.6 Å². The molecule has 2 aliphatic rings. The van der Waals surface area contributed by atoms with Gasteiger partial charge in [0.2, 0.25) is 21.8 Å². The Balaban J connectivity index is 1.55. The van der Waals surface area contributed by atoms with Crippen molar-refractivity contribution in [1.82, 2.24) is 9.21 Å². The second kappa shape index (κ2) is 10.5. The maximum absolute atomic E-state index is 14.2. The minimum atomic E-state index is -4.03. The van der Waals surface area contributed by atoms with Gasteiger partial charge in [-0.15, -0.1) is 11.8 Å². The van der Waals surface area contributed by atoms with Gasteiger partial charge in [-0.05, 0) is 18.2 Å². The van der Waals surface area contributed by atoms with Crippen LogP contribution in [-0.4, -0.2) is 93.5 Å². The smallest absolute Gasteiger partial charge is 0.246 e. The van der Waals surface area contributed by atoms with Crippen LogP contribution in [0.4, 0.5) is 10.1 Å². The van der Waals surface area contributed by atoms with Crippen LogP contribution in [0.3, 0.4) is 0 Å². The lowest BCUT2D eigenvalue weighted by atomic mass is 10.3. The van der Waals surface area contributed by atoms with Crippen LogP contribution >= 0.6 is 11.8 Å². The van der Waals surface area contributed by atoms with Crippen LogP contribution in [0.15, 0.2) is 23.1 Å². The molecule has 1 N–H and O–H groups in total. The highest BCUT2D eigenvalue weighted by Crippen LogP contribution is 2.24. The molecule has 12 heteroatoms. The molecule has 166 valence electrons.